The summed E-state index contributed by atoms with van der Waals surface area (Å²) < 4.78 is 0. The summed E-state index contributed by atoms with van der Waals surface area (Å²) in [6.07, 6.45) is 2.73. The highest BCUT2D eigenvalue weighted by atomic mass is 31.1. The lowest BCUT2D eigenvalue weighted by Crippen LogP contribution is -2.32. The van der Waals surface area contributed by atoms with Crippen LogP contribution in [0.4, 0.5) is 0 Å². The molecule has 1 aliphatic carbocycles. The molecule has 2 aromatic carbocycles. The van der Waals surface area contributed by atoms with Gasteiger partial charge >= 0.3 is 0 Å². The van der Waals surface area contributed by atoms with Gasteiger partial charge in [-0.1, -0.05) is 81.4 Å². The number of hydrogen-bond acceptors (Lipinski definition) is 0. The van der Waals surface area contributed by atoms with E-state index in [1.54, 1.807) is 0 Å². The predicted octanol–water partition coefficient (Wildman–Crippen LogP) is 4.94. The Labute approximate surface area is 130 Å². The molecule has 0 radical (unpaired) electrons. The summed E-state index contributed by atoms with van der Waals surface area (Å²) in [4.78, 5) is 0. The molecule has 1 aliphatic rings. The average Bonchev–Trinajstić information content (AvgIpc) is 2.77. The third kappa shape index (κ3) is 2.92. The lowest BCUT2D eigenvalue weighted by atomic mass is 9.90. The summed E-state index contributed by atoms with van der Waals surface area (Å²) in [5.41, 5.74) is 1.22. The third-order valence-electron chi connectivity index (χ3n) is 4.93. The Kier molecular flexibility index (Phi) is 4.18. The molecule has 0 unspecified atom stereocenters. The quantitative estimate of drug-likeness (QED) is 0.703. The molecular weight excluding hydrogens is 271 g/mol. The second-order valence-corrected chi connectivity index (χ2v) is 9.32. The first-order valence-corrected chi connectivity index (χ1v) is 9.40. The first-order valence-electron chi connectivity index (χ1n) is 7.99. The van der Waals surface area contributed by atoms with E-state index in [2.05, 4.69) is 81.4 Å². The van der Waals surface area contributed by atoms with Crippen LogP contribution in [-0.2, 0) is 0 Å². The van der Waals surface area contributed by atoms with Crippen LogP contribution in [0, 0.1) is 11.3 Å². The summed E-state index contributed by atoms with van der Waals surface area (Å²) >= 11 is 0. The molecule has 3 rings (SSSR count). The minimum absolute atomic E-state index is 0.279. The molecule has 1 heteroatoms. The topological polar surface area (TPSA) is 0 Å². The zero-order chi connectivity index (χ0) is 14.9. The van der Waals surface area contributed by atoms with Gasteiger partial charge < -0.3 is 0 Å². The summed E-state index contributed by atoms with van der Waals surface area (Å²) in [5, 5.41) is 3.07. The van der Waals surface area contributed by atoms with Gasteiger partial charge in [0.2, 0.25) is 0 Å². The average molecular weight is 296 g/mol. The number of hydrogen-bond donors (Lipinski definition) is 0. The van der Waals surface area contributed by atoms with Crippen molar-refractivity contribution in [3.8, 4) is 0 Å². The molecule has 21 heavy (non-hydrogen) atoms. The molecule has 1 fully saturated rings. The Morgan fingerprint density at radius 1 is 0.857 bits per heavy atom. The van der Waals surface area contributed by atoms with Crippen molar-refractivity contribution in [3.63, 3.8) is 0 Å². The second-order valence-electron chi connectivity index (χ2n) is 6.99. The van der Waals surface area contributed by atoms with E-state index in [1.165, 1.54) is 23.5 Å². The monoisotopic (exact) mass is 296 g/mol. The van der Waals surface area contributed by atoms with Crippen molar-refractivity contribution in [1.82, 2.24) is 0 Å². The van der Waals surface area contributed by atoms with E-state index in [9.17, 15) is 0 Å². The van der Waals surface area contributed by atoms with Gasteiger partial charge in [-0.2, -0.15) is 0 Å². The number of rotatable bonds is 3. The van der Waals surface area contributed by atoms with Crippen LogP contribution >= 0.6 is 7.92 Å². The Balaban J connectivity index is 2.09. The van der Waals surface area contributed by atoms with Gasteiger partial charge in [-0.25, -0.2) is 0 Å². The van der Waals surface area contributed by atoms with Gasteiger partial charge in [0, 0.05) is 0 Å². The van der Waals surface area contributed by atoms with Gasteiger partial charge in [-0.05, 0) is 48.4 Å². The molecule has 0 heterocycles. The standard InChI is InChI=1S/C20H25P/c1-16-14-15-20(2,3)19(16)21(17-10-6-4-7-11-17)18-12-8-5-9-13-18/h4-13,16,19H,14-15H2,1-3H3/t16-,19+/m1/s1. The Hall–Kier alpha value is -1.13. The fourth-order valence-electron chi connectivity index (χ4n) is 3.93. The second kappa shape index (κ2) is 5.93. The molecule has 1 saturated carbocycles. The molecule has 0 spiro atoms. The molecule has 0 N–H and O–H groups in total. The van der Waals surface area contributed by atoms with Gasteiger partial charge in [0.05, 0.1) is 0 Å². The summed E-state index contributed by atoms with van der Waals surface area (Å²) in [6.45, 7) is 7.41. The Morgan fingerprint density at radius 2 is 1.33 bits per heavy atom. The maximum Gasteiger partial charge on any atom is -0.00518 e. The molecule has 0 saturated heterocycles. The lowest BCUT2D eigenvalue weighted by molar-refractivity contribution is 0.377. The highest BCUT2D eigenvalue weighted by Crippen LogP contribution is 2.57. The zero-order valence-electron chi connectivity index (χ0n) is 13.3. The molecule has 0 aliphatic heterocycles. The first-order chi connectivity index (χ1) is 10.1. The van der Waals surface area contributed by atoms with Crippen LogP contribution in [-0.4, -0.2) is 5.66 Å². The fourth-order valence-corrected chi connectivity index (χ4v) is 7.34. The largest absolute Gasteiger partial charge is 0.0622 e. The van der Waals surface area contributed by atoms with Crippen molar-refractivity contribution in [2.24, 2.45) is 11.3 Å². The highest BCUT2D eigenvalue weighted by molar-refractivity contribution is 7.73. The van der Waals surface area contributed by atoms with E-state index in [-0.39, 0.29) is 7.92 Å². The van der Waals surface area contributed by atoms with Gasteiger partial charge in [-0.3, -0.25) is 0 Å². The third-order valence-corrected chi connectivity index (χ3v) is 8.40. The van der Waals surface area contributed by atoms with Crippen LogP contribution in [0.3, 0.4) is 0 Å². The van der Waals surface area contributed by atoms with E-state index in [0.29, 0.717) is 5.41 Å². The van der Waals surface area contributed by atoms with E-state index >= 15 is 0 Å². The van der Waals surface area contributed by atoms with Crippen LogP contribution < -0.4 is 10.6 Å². The molecule has 0 aromatic heterocycles. The minimum atomic E-state index is -0.279. The van der Waals surface area contributed by atoms with Crippen LogP contribution in [0.5, 0.6) is 0 Å². The smallest absolute Gasteiger partial charge is 0.00518 e. The van der Waals surface area contributed by atoms with E-state index < -0.39 is 0 Å². The van der Waals surface area contributed by atoms with Gasteiger partial charge in [0.1, 0.15) is 0 Å². The molecule has 2 atom stereocenters. The molecule has 0 amide bonds. The zero-order valence-corrected chi connectivity index (χ0v) is 14.2. The van der Waals surface area contributed by atoms with Crippen molar-refractivity contribution < 1.29 is 0 Å². The van der Waals surface area contributed by atoms with E-state index in [0.717, 1.165) is 11.6 Å². The lowest BCUT2D eigenvalue weighted by Gasteiger charge is -2.37. The van der Waals surface area contributed by atoms with Crippen LogP contribution in [0.25, 0.3) is 0 Å². The van der Waals surface area contributed by atoms with Crippen LogP contribution in [0.1, 0.15) is 33.6 Å². The summed E-state index contributed by atoms with van der Waals surface area (Å²) in [6, 6.07) is 22.4. The summed E-state index contributed by atoms with van der Waals surface area (Å²) in [5.74, 6) is 0.812. The highest BCUT2D eigenvalue weighted by Gasteiger charge is 2.44. The molecular formula is C20H25P. The minimum Gasteiger partial charge on any atom is -0.0622 e. The van der Waals surface area contributed by atoms with Gasteiger partial charge in [-0.15, -0.1) is 0 Å². The molecule has 2 aromatic rings. The SMILES string of the molecule is C[C@@H]1CCC(C)(C)[C@H]1P(c1ccccc1)c1ccccc1. The van der Waals surface area contributed by atoms with Crippen LogP contribution in [0.15, 0.2) is 60.7 Å². The predicted molar refractivity (Wildman–Crippen MR) is 95.0 cm³/mol. The van der Waals surface area contributed by atoms with Gasteiger partial charge in [0.25, 0.3) is 0 Å². The van der Waals surface area contributed by atoms with Gasteiger partial charge in [0.15, 0.2) is 0 Å². The fraction of sp³-hybridized carbons (Fsp3) is 0.400. The first kappa shape index (κ1) is 14.8. The van der Waals surface area contributed by atoms with Crippen molar-refractivity contribution in [2.45, 2.75) is 39.3 Å². The summed E-state index contributed by atoms with van der Waals surface area (Å²) in [7, 11) is -0.279. The van der Waals surface area contributed by atoms with E-state index in [4.69, 9.17) is 0 Å². The Bertz CT molecular complexity index is 534. The van der Waals surface area contributed by atoms with E-state index in [1.807, 2.05) is 0 Å². The van der Waals surface area contributed by atoms with Crippen molar-refractivity contribution >= 4 is 18.5 Å². The normalized spacial score (nSPS) is 24.4. The Morgan fingerprint density at radius 3 is 1.71 bits per heavy atom. The molecule has 0 nitrogen and oxygen atoms in total. The molecule has 0 bridgehead atoms. The van der Waals surface area contributed by atoms with Crippen molar-refractivity contribution in [3.05, 3.63) is 60.7 Å². The maximum absolute atomic E-state index is 2.47. The van der Waals surface area contributed by atoms with Crippen molar-refractivity contribution in [1.29, 1.82) is 0 Å². The maximum atomic E-state index is 2.47. The number of benzene rings is 2. The molecule has 110 valence electrons. The van der Waals surface area contributed by atoms with Crippen molar-refractivity contribution in [2.75, 3.05) is 0 Å². The van der Waals surface area contributed by atoms with Crippen LogP contribution in [0.2, 0.25) is 0 Å².